The zero-order valence-electron chi connectivity index (χ0n) is 14.8. The minimum atomic E-state index is -7.88. The highest BCUT2D eigenvalue weighted by Crippen LogP contribution is 2.60. The van der Waals surface area contributed by atoms with Crippen LogP contribution in [0.2, 0.25) is 6.04 Å². The van der Waals surface area contributed by atoms with Crippen molar-refractivity contribution in [3.63, 3.8) is 0 Å². The van der Waals surface area contributed by atoms with E-state index < -0.39 is 65.6 Å². The molecule has 0 radical (unpaired) electrons. The predicted molar refractivity (Wildman–Crippen MR) is 75.5 cm³/mol. The van der Waals surface area contributed by atoms with E-state index in [1.54, 1.807) is 0 Å². The van der Waals surface area contributed by atoms with Crippen molar-refractivity contribution in [2.45, 2.75) is 48.3 Å². The van der Waals surface area contributed by atoms with Gasteiger partial charge in [-0.05, 0) is 0 Å². The lowest BCUT2D eigenvalue weighted by Crippen LogP contribution is -2.70. The van der Waals surface area contributed by atoms with Crippen LogP contribution in [-0.2, 0) is 13.3 Å². The number of hydrogen-bond donors (Lipinski definition) is 0. The largest absolute Gasteiger partial charge is 0.461 e. The van der Waals surface area contributed by atoms with Crippen molar-refractivity contribution >= 4 is 17.4 Å². The Morgan fingerprint density at radius 2 is 0.931 bits per heavy atom. The summed E-state index contributed by atoms with van der Waals surface area (Å²) in [6.45, 7) is 0. The lowest BCUT2D eigenvalue weighted by molar-refractivity contribution is -0.439. The molecule has 0 aromatic heterocycles. The standard InChI is InChI=1S/C11H15F13O3Si2/c1-25-29(26-2,27-3)28-5-4-6(12,13)7(14,15)8(16,17)9(18,19)10(20,21)11(22,23)24/h4-5,28H2,1-3H3. The first-order chi connectivity index (χ1) is 12.6. The second-order valence-electron chi connectivity index (χ2n) is 5.65. The smallest absolute Gasteiger partial charge is 0.380 e. The molecular weight excluding hydrogens is 483 g/mol. The number of rotatable bonds is 11. The maximum atomic E-state index is 13.6. The molecule has 0 amide bonds. The van der Waals surface area contributed by atoms with Crippen molar-refractivity contribution in [1.82, 2.24) is 0 Å². The Morgan fingerprint density at radius 1 is 0.586 bits per heavy atom. The molecule has 3 nitrogen and oxygen atoms in total. The third-order valence-corrected chi connectivity index (χ3v) is 12.6. The number of hydrogen-bond acceptors (Lipinski definition) is 3. The van der Waals surface area contributed by atoms with Gasteiger partial charge in [0, 0.05) is 27.8 Å². The van der Waals surface area contributed by atoms with Gasteiger partial charge < -0.3 is 13.3 Å². The molecule has 18 heteroatoms. The summed E-state index contributed by atoms with van der Waals surface area (Å²) >= 11 is 0. The summed E-state index contributed by atoms with van der Waals surface area (Å²) in [5.74, 6) is -36.7. The fourth-order valence-corrected chi connectivity index (χ4v) is 7.87. The first-order valence-corrected chi connectivity index (χ1v) is 12.3. The summed E-state index contributed by atoms with van der Waals surface area (Å²) in [4.78, 5) is 0. The monoisotopic (exact) mass is 498 g/mol. The van der Waals surface area contributed by atoms with Gasteiger partial charge in [0.1, 0.15) is 9.04 Å². The van der Waals surface area contributed by atoms with Gasteiger partial charge in [0.05, 0.1) is 0 Å². The van der Waals surface area contributed by atoms with Crippen LogP contribution in [0.3, 0.4) is 0 Å². The van der Waals surface area contributed by atoms with E-state index in [9.17, 15) is 57.1 Å². The van der Waals surface area contributed by atoms with Gasteiger partial charge in [0.2, 0.25) is 0 Å². The van der Waals surface area contributed by atoms with Gasteiger partial charge in [0.25, 0.3) is 0 Å². The average molecular weight is 498 g/mol. The van der Waals surface area contributed by atoms with Gasteiger partial charge in [-0.25, -0.2) is 0 Å². The summed E-state index contributed by atoms with van der Waals surface area (Å²) in [5, 5.41) is 0. The highest BCUT2D eigenvalue weighted by atomic mass is 29.2. The van der Waals surface area contributed by atoms with Crippen molar-refractivity contribution < 1.29 is 70.4 Å². The molecule has 0 bridgehead atoms. The zero-order valence-corrected chi connectivity index (χ0v) is 17.2. The zero-order chi connectivity index (χ0) is 23.7. The first-order valence-electron chi connectivity index (χ1n) is 7.25. The summed E-state index contributed by atoms with van der Waals surface area (Å²) < 4.78 is 183. The molecule has 0 fully saturated rings. The van der Waals surface area contributed by atoms with Crippen LogP contribution >= 0.6 is 0 Å². The molecule has 0 N–H and O–H groups in total. The second-order valence-corrected chi connectivity index (χ2v) is 13.5. The highest BCUT2D eigenvalue weighted by molar-refractivity contribution is 7.14. The maximum absolute atomic E-state index is 13.6. The van der Waals surface area contributed by atoms with E-state index >= 15 is 0 Å². The lowest BCUT2D eigenvalue weighted by atomic mass is 9.93. The quantitative estimate of drug-likeness (QED) is 0.318. The minimum Gasteiger partial charge on any atom is -0.380 e. The molecule has 0 aromatic rings. The molecule has 29 heavy (non-hydrogen) atoms. The summed E-state index contributed by atoms with van der Waals surface area (Å²) in [6.07, 6.45) is -9.67. The molecule has 0 spiro atoms. The van der Waals surface area contributed by atoms with Gasteiger partial charge in [-0.1, -0.05) is 6.04 Å². The summed E-state index contributed by atoms with van der Waals surface area (Å²) in [5.41, 5.74) is 0. The fourth-order valence-electron chi connectivity index (χ4n) is 2.04. The molecular formula is C11H15F13O3Si2. The third-order valence-electron chi connectivity index (χ3n) is 3.91. The van der Waals surface area contributed by atoms with Crippen LogP contribution in [-0.4, -0.2) is 74.5 Å². The molecule has 0 unspecified atom stereocenters. The molecule has 0 atom stereocenters. The van der Waals surface area contributed by atoms with E-state index in [0.717, 1.165) is 21.3 Å². The third kappa shape index (κ3) is 4.69. The Bertz CT molecular complexity index is 540. The fraction of sp³-hybridized carbons (Fsp3) is 1.00. The van der Waals surface area contributed by atoms with Crippen molar-refractivity contribution in [1.29, 1.82) is 0 Å². The van der Waals surface area contributed by atoms with E-state index in [0.29, 0.717) is 0 Å². The normalized spacial score (nSPS) is 16.1. The maximum Gasteiger partial charge on any atom is 0.461 e. The van der Waals surface area contributed by atoms with Gasteiger partial charge in [-0.2, -0.15) is 57.1 Å². The van der Waals surface area contributed by atoms with E-state index in [2.05, 4.69) is 0 Å². The van der Waals surface area contributed by atoms with Crippen molar-refractivity contribution in [2.24, 2.45) is 0 Å². The lowest BCUT2D eigenvalue weighted by Gasteiger charge is -2.39. The number of halogens is 13. The van der Waals surface area contributed by atoms with Crippen LogP contribution < -0.4 is 0 Å². The highest BCUT2D eigenvalue weighted by Gasteiger charge is 2.90. The second kappa shape index (κ2) is 8.50. The molecule has 0 heterocycles. The minimum absolute atomic E-state index is 0.993. The Morgan fingerprint density at radius 3 is 1.24 bits per heavy atom. The van der Waals surface area contributed by atoms with Crippen molar-refractivity contribution in [3.8, 4) is 0 Å². The van der Waals surface area contributed by atoms with Gasteiger partial charge >= 0.3 is 44.1 Å². The molecule has 176 valence electrons. The Balaban J connectivity index is 5.82. The summed E-state index contributed by atoms with van der Waals surface area (Å²) in [6, 6.07) is -1.04. The summed E-state index contributed by atoms with van der Waals surface area (Å²) in [7, 11) is -2.73. The molecule has 0 aliphatic rings. The van der Waals surface area contributed by atoms with Gasteiger partial charge in [-0.3, -0.25) is 0 Å². The Labute approximate surface area is 158 Å². The van der Waals surface area contributed by atoms with Crippen LogP contribution in [0, 0.1) is 0 Å². The molecule has 0 saturated carbocycles. The SMILES string of the molecule is CO[Si](OC)(OC)[SiH2]CCC(F)(F)C(F)(F)C(F)(F)C(F)(F)C(F)(F)C(F)(F)F. The van der Waals surface area contributed by atoms with Crippen LogP contribution in [0.4, 0.5) is 57.1 Å². The van der Waals surface area contributed by atoms with Crippen LogP contribution in [0.1, 0.15) is 6.42 Å². The van der Waals surface area contributed by atoms with Crippen LogP contribution in [0.5, 0.6) is 0 Å². The van der Waals surface area contributed by atoms with E-state index in [1.165, 1.54) is 0 Å². The Kier molecular flexibility index (Phi) is 8.33. The van der Waals surface area contributed by atoms with E-state index in [1.807, 2.05) is 0 Å². The molecule has 0 aliphatic carbocycles. The van der Waals surface area contributed by atoms with E-state index in [4.69, 9.17) is 13.3 Å². The van der Waals surface area contributed by atoms with Crippen molar-refractivity contribution in [2.75, 3.05) is 21.3 Å². The molecule has 0 rings (SSSR count). The topological polar surface area (TPSA) is 27.7 Å². The molecule has 0 saturated heterocycles. The van der Waals surface area contributed by atoms with Crippen molar-refractivity contribution in [3.05, 3.63) is 0 Å². The van der Waals surface area contributed by atoms with Crippen LogP contribution in [0.15, 0.2) is 0 Å². The number of alkyl halides is 13. The van der Waals surface area contributed by atoms with Crippen LogP contribution in [0.25, 0.3) is 0 Å². The Hall–Kier alpha value is -0.596. The molecule has 0 aliphatic heterocycles. The van der Waals surface area contributed by atoms with Gasteiger partial charge in [0.15, 0.2) is 0 Å². The predicted octanol–water partition coefficient (Wildman–Crippen LogP) is 4.08. The van der Waals surface area contributed by atoms with E-state index in [-0.39, 0.29) is 0 Å². The van der Waals surface area contributed by atoms with Gasteiger partial charge in [-0.15, -0.1) is 0 Å². The average Bonchev–Trinajstić information content (AvgIpc) is 2.57. The molecule has 0 aromatic carbocycles. The first kappa shape index (κ1) is 28.4.